The molecule has 2 aliphatic carbocycles. The summed E-state index contributed by atoms with van der Waals surface area (Å²) < 4.78 is 22.4. The summed E-state index contributed by atoms with van der Waals surface area (Å²) in [6.07, 6.45) is 9.66. The number of aliphatic hydroxyl groups excluding tert-OH is 1. The molecule has 0 unspecified atom stereocenters. The van der Waals surface area contributed by atoms with E-state index >= 15 is 0 Å². The van der Waals surface area contributed by atoms with Crippen LogP contribution >= 0.6 is 0 Å². The van der Waals surface area contributed by atoms with E-state index in [0.29, 0.717) is 37.0 Å². The summed E-state index contributed by atoms with van der Waals surface area (Å²) in [6.45, 7) is 21.4. The Kier molecular flexibility index (Phi) is 25.2. The molecule has 43 heavy (non-hydrogen) atoms. The fraction of sp³-hybridized carbons (Fsp3) is 0.818. The van der Waals surface area contributed by atoms with Gasteiger partial charge in [-0.05, 0) is 83.3 Å². The van der Waals surface area contributed by atoms with Crippen LogP contribution < -0.4 is 5.73 Å². The van der Waals surface area contributed by atoms with Crippen LogP contribution in [0.25, 0.3) is 0 Å². The molecule has 6 atom stereocenters. The van der Waals surface area contributed by atoms with Crippen molar-refractivity contribution in [3.63, 3.8) is 0 Å². The minimum absolute atomic E-state index is 0. The van der Waals surface area contributed by atoms with E-state index in [1.54, 1.807) is 6.92 Å². The molecule has 0 bridgehead atoms. The Morgan fingerprint density at radius 2 is 1.14 bits per heavy atom. The van der Waals surface area contributed by atoms with Crippen LogP contribution in [0.5, 0.6) is 0 Å². The van der Waals surface area contributed by atoms with Crippen molar-refractivity contribution in [2.45, 2.75) is 138 Å². The molecule has 0 saturated carbocycles. The first-order valence-corrected chi connectivity index (χ1v) is 16.2. The minimum atomic E-state index is -0.261. The van der Waals surface area contributed by atoms with Crippen molar-refractivity contribution >= 4 is 11.9 Å². The maximum absolute atomic E-state index is 11.9. The summed E-state index contributed by atoms with van der Waals surface area (Å²) in [5, 5.41) is 7.57. The Hall–Kier alpha value is -2.14. The molecule has 0 fully saturated rings. The van der Waals surface area contributed by atoms with E-state index in [-0.39, 0.29) is 56.3 Å². The lowest BCUT2D eigenvalue weighted by Crippen LogP contribution is -2.42. The number of esters is 2. The van der Waals surface area contributed by atoms with Crippen LogP contribution in [0.1, 0.15) is 109 Å². The molecule has 10 nitrogen and oxygen atoms in total. The maximum Gasteiger partial charge on any atom is 0.333 e. The monoisotopic (exact) mass is 615 g/mol. The van der Waals surface area contributed by atoms with Crippen molar-refractivity contribution < 1.29 is 35.1 Å². The molecule has 10 heteroatoms. The fourth-order valence-electron chi connectivity index (χ4n) is 4.86. The number of carbonyl (C=O) groups excluding carboxylic acids is 2. The van der Waals surface area contributed by atoms with Crippen LogP contribution in [0.15, 0.2) is 23.3 Å². The standard InChI is InChI=1S/C16H28O3.C15H27NO3.C2H6O.H2N2.H2/c1-6-14(7-2)19-15-10-13(16(17)18-8-3)9-11(4)12(15)5;1-5-12(6-2)19-14-9-11(15(17)18-7-3)8-13(16)10(14)4;1-2-3;1-2;/h10-12,14-15H,6-9H2,1-5H3;9-10,12-14H,5-8,16H2,1-4H3;3H,2H2,1H3;1-2H;1H/t11-,12+,15+;10-,13+,14-;;;/m01.../s1. The Morgan fingerprint density at radius 1 is 0.791 bits per heavy atom. The molecule has 0 heterocycles. The van der Waals surface area contributed by atoms with Gasteiger partial charge in [0.2, 0.25) is 0 Å². The van der Waals surface area contributed by atoms with Gasteiger partial charge in [0.25, 0.3) is 0 Å². The molecule has 2 rings (SSSR count). The Morgan fingerprint density at radius 3 is 1.49 bits per heavy atom. The van der Waals surface area contributed by atoms with Gasteiger partial charge in [0.1, 0.15) is 0 Å². The van der Waals surface area contributed by atoms with Gasteiger partial charge in [-0.3, -0.25) is 0 Å². The summed E-state index contributed by atoms with van der Waals surface area (Å²) in [6, 6.07) is -0.0521. The Bertz CT molecular complexity index is 755. The summed E-state index contributed by atoms with van der Waals surface area (Å²) in [5.41, 5.74) is 17.6. The van der Waals surface area contributed by atoms with Gasteiger partial charge in [-0.25, -0.2) is 20.7 Å². The molecular weight excluding hydrogens is 550 g/mol. The molecule has 0 radical (unpaired) electrons. The predicted octanol–water partition coefficient (Wildman–Crippen LogP) is 6.98. The van der Waals surface area contributed by atoms with Gasteiger partial charge < -0.3 is 29.8 Å². The minimum Gasteiger partial charge on any atom is -0.463 e. The summed E-state index contributed by atoms with van der Waals surface area (Å²) >= 11 is 0. The number of hydrogen-bond acceptors (Lipinski definition) is 10. The van der Waals surface area contributed by atoms with Gasteiger partial charge in [-0.2, -0.15) is 0 Å². The van der Waals surface area contributed by atoms with Gasteiger partial charge in [0.15, 0.2) is 0 Å². The van der Waals surface area contributed by atoms with E-state index in [0.717, 1.165) is 37.7 Å². The first kappa shape index (κ1) is 43.0. The zero-order valence-electron chi connectivity index (χ0n) is 28.6. The number of ether oxygens (including phenoxy) is 4. The molecule has 0 saturated heterocycles. The smallest absolute Gasteiger partial charge is 0.333 e. The van der Waals surface area contributed by atoms with Gasteiger partial charge in [-0.1, -0.05) is 48.5 Å². The maximum atomic E-state index is 11.9. The highest BCUT2D eigenvalue weighted by atomic mass is 16.5. The normalized spacial score (nSPS) is 24.6. The van der Waals surface area contributed by atoms with Crippen molar-refractivity contribution in [1.29, 1.82) is 11.1 Å². The number of hydrogen-bond donors (Lipinski definition) is 4. The molecule has 0 spiro atoms. The third-order valence-corrected chi connectivity index (χ3v) is 7.93. The molecule has 0 aliphatic heterocycles. The molecule has 0 aromatic heterocycles. The van der Waals surface area contributed by atoms with E-state index in [4.69, 9.17) is 40.8 Å². The largest absolute Gasteiger partial charge is 0.463 e. The van der Waals surface area contributed by atoms with E-state index < -0.39 is 0 Å². The van der Waals surface area contributed by atoms with E-state index in [1.165, 1.54) is 0 Å². The average Bonchev–Trinajstić information content (AvgIpc) is 3.00. The van der Waals surface area contributed by atoms with Crippen LogP contribution in [-0.2, 0) is 28.5 Å². The van der Waals surface area contributed by atoms with Crippen molar-refractivity contribution in [1.82, 2.24) is 0 Å². The van der Waals surface area contributed by atoms with E-state index in [9.17, 15) is 9.59 Å². The van der Waals surface area contributed by atoms with Crippen molar-refractivity contribution in [3.8, 4) is 0 Å². The molecule has 254 valence electrons. The summed E-state index contributed by atoms with van der Waals surface area (Å²) in [7, 11) is 0. The number of carbonyl (C=O) groups is 2. The predicted molar refractivity (Wildman–Crippen MR) is 173 cm³/mol. The molecule has 0 aromatic rings. The quantitative estimate of drug-likeness (QED) is 0.135. The second kappa shape index (κ2) is 25.2. The van der Waals surface area contributed by atoms with Crippen molar-refractivity contribution in [2.75, 3.05) is 19.8 Å². The van der Waals surface area contributed by atoms with Crippen LogP contribution in [0.2, 0.25) is 0 Å². The van der Waals surface area contributed by atoms with Gasteiger partial charge in [0, 0.05) is 31.1 Å². The second-order valence-corrected chi connectivity index (χ2v) is 11.0. The van der Waals surface area contributed by atoms with Crippen LogP contribution in [0.3, 0.4) is 0 Å². The highest BCUT2D eigenvalue weighted by molar-refractivity contribution is 5.89. The van der Waals surface area contributed by atoms with Crippen molar-refractivity contribution in [2.24, 2.45) is 23.5 Å². The Labute approximate surface area is 262 Å². The lowest BCUT2D eigenvalue weighted by molar-refractivity contribution is -0.140. The summed E-state index contributed by atoms with van der Waals surface area (Å²) in [5.74, 6) is 0.670. The van der Waals surface area contributed by atoms with Gasteiger partial charge in [0.05, 0.1) is 37.6 Å². The van der Waals surface area contributed by atoms with E-state index in [1.807, 2.05) is 26.0 Å². The molecule has 0 amide bonds. The number of rotatable bonds is 12. The topological polar surface area (TPSA) is 165 Å². The van der Waals surface area contributed by atoms with Crippen LogP contribution in [0.4, 0.5) is 0 Å². The fourth-order valence-corrected chi connectivity index (χ4v) is 4.86. The third-order valence-electron chi connectivity index (χ3n) is 7.93. The third kappa shape index (κ3) is 15.9. The van der Waals surface area contributed by atoms with E-state index in [2.05, 4.69) is 48.5 Å². The average molecular weight is 616 g/mol. The number of nitrogens with one attached hydrogen (secondary N) is 2. The zero-order valence-corrected chi connectivity index (χ0v) is 28.6. The lowest BCUT2D eigenvalue weighted by Gasteiger charge is -2.34. The second-order valence-electron chi connectivity index (χ2n) is 11.0. The molecule has 2 aliphatic rings. The molecule has 0 aromatic carbocycles. The first-order chi connectivity index (χ1) is 20.5. The Balaban J connectivity index is -0.000000653. The highest BCUT2D eigenvalue weighted by Gasteiger charge is 2.33. The lowest BCUT2D eigenvalue weighted by atomic mass is 9.80. The first-order valence-electron chi connectivity index (χ1n) is 16.2. The van der Waals surface area contributed by atoms with Crippen molar-refractivity contribution in [3.05, 3.63) is 23.3 Å². The van der Waals surface area contributed by atoms with Crippen LogP contribution in [-0.4, -0.2) is 67.3 Å². The molecular formula is C33H65N3O7. The number of aliphatic hydroxyl groups is 1. The van der Waals surface area contributed by atoms with Crippen LogP contribution in [0, 0.1) is 28.8 Å². The van der Waals surface area contributed by atoms with Gasteiger partial charge >= 0.3 is 11.9 Å². The highest BCUT2D eigenvalue weighted by Crippen LogP contribution is 2.33. The molecule has 5 N–H and O–H groups in total. The SMILES string of the molecule is CCO.CCOC(=O)C1=C[C@@H](OC(CC)CC)[C@H](C)[C@@H](C)C1.CCOC(=O)C1=C[C@@H](OC(CC)CC)[C@H](C)[C@@H](N)C1.N=N.[HH]. The number of nitrogens with two attached hydrogens (primary N) is 1. The zero-order chi connectivity index (χ0) is 33.5. The van der Waals surface area contributed by atoms with Gasteiger partial charge in [-0.15, -0.1) is 0 Å². The summed E-state index contributed by atoms with van der Waals surface area (Å²) in [4.78, 5) is 23.7.